The summed E-state index contributed by atoms with van der Waals surface area (Å²) in [4.78, 5) is 33.1. The first-order chi connectivity index (χ1) is 8.63. The topological polar surface area (TPSA) is 135 Å². The number of likely N-dealkylation sites (tertiary alicyclic amines) is 1. The highest BCUT2D eigenvalue weighted by Gasteiger charge is 2.30. The first-order valence-electron chi connectivity index (χ1n) is 5.23. The van der Waals surface area contributed by atoms with Crippen molar-refractivity contribution in [2.24, 2.45) is 5.11 Å². The molecule has 1 atom stereocenters. The average molecular weight is 250 g/mol. The zero-order valence-electron chi connectivity index (χ0n) is 9.28. The molecule has 1 aliphatic heterocycles. The van der Waals surface area contributed by atoms with Crippen LogP contribution in [0, 0.1) is 0 Å². The first kappa shape index (κ1) is 11.9. The lowest BCUT2D eigenvalue weighted by Gasteiger charge is -2.14. The SMILES string of the molecule is [N-]=[N+]=NC1CCN(C(=O)c2nc[nH]c2C(=O)O)C1. The summed E-state index contributed by atoms with van der Waals surface area (Å²) in [5, 5.41) is 12.4. The molecule has 0 bridgehead atoms. The summed E-state index contributed by atoms with van der Waals surface area (Å²) in [6, 6.07) is -0.258. The number of hydrogen-bond acceptors (Lipinski definition) is 4. The van der Waals surface area contributed by atoms with E-state index in [-0.39, 0.29) is 24.0 Å². The van der Waals surface area contributed by atoms with Gasteiger partial charge in [0.2, 0.25) is 0 Å². The van der Waals surface area contributed by atoms with Gasteiger partial charge in [0, 0.05) is 18.0 Å². The summed E-state index contributed by atoms with van der Waals surface area (Å²) < 4.78 is 0. The van der Waals surface area contributed by atoms with Crippen LogP contribution in [0.2, 0.25) is 0 Å². The molecule has 1 aromatic rings. The molecule has 1 aromatic heterocycles. The van der Waals surface area contributed by atoms with Crippen LogP contribution in [-0.4, -0.2) is 51.0 Å². The maximum atomic E-state index is 12.0. The van der Waals surface area contributed by atoms with E-state index in [4.69, 9.17) is 10.6 Å². The van der Waals surface area contributed by atoms with Crippen LogP contribution in [0.1, 0.15) is 27.4 Å². The normalized spacial score (nSPS) is 18.4. The quantitative estimate of drug-likeness (QED) is 0.462. The fraction of sp³-hybridized carbons (Fsp3) is 0.444. The van der Waals surface area contributed by atoms with Crippen molar-refractivity contribution in [2.45, 2.75) is 12.5 Å². The fourth-order valence-electron chi connectivity index (χ4n) is 1.86. The van der Waals surface area contributed by atoms with Crippen molar-refractivity contribution in [3.63, 3.8) is 0 Å². The van der Waals surface area contributed by atoms with Gasteiger partial charge >= 0.3 is 5.97 Å². The van der Waals surface area contributed by atoms with Crippen LogP contribution in [0.5, 0.6) is 0 Å². The monoisotopic (exact) mass is 250 g/mol. The number of nitrogens with zero attached hydrogens (tertiary/aromatic N) is 5. The molecule has 2 heterocycles. The summed E-state index contributed by atoms with van der Waals surface area (Å²) in [5.74, 6) is -1.70. The van der Waals surface area contributed by atoms with Gasteiger partial charge < -0.3 is 15.0 Å². The number of azide groups is 1. The van der Waals surface area contributed by atoms with E-state index in [9.17, 15) is 9.59 Å². The van der Waals surface area contributed by atoms with Crippen molar-refractivity contribution in [3.8, 4) is 0 Å². The smallest absolute Gasteiger partial charge is 0.354 e. The zero-order valence-corrected chi connectivity index (χ0v) is 9.28. The number of nitrogens with one attached hydrogen (secondary N) is 1. The Kier molecular flexibility index (Phi) is 3.16. The minimum atomic E-state index is -1.23. The zero-order chi connectivity index (χ0) is 13.1. The largest absolute Gasteiger partial charge is 0.477 e. The summed E-state index contributed by atoms with van der Waals surface area (Å²) in [6.45, 7) is 0.712. The van der Waals surface area contributed by atoms with Gasteiger partial charge in [0.25, 0.3) is 5.91 Å². The van der Waals surface area contributed by atoms with Crippen molar-refractivity contribution in [3.05, 3.63) is 28.2 Å². The molecule has 0 saturated carbocycles. The number of amides is 1. The van der Waals surface area contributed by atoms with E-state index < -0.39 is 11.9 Å². The highest BCUT2D eigenvalue weighted by molar-refractivity contribution is 6.02. The molecule has 1 fully saturated rings. The highest BCUT2D eigenvalue weighted by atomic mass is 16.4. The highest BCUT2D eigenvalue weighted by Crippen LogP contribution is 2.16. The number of carbonyl (C=O) groups excluding carboxylic acids is 1. The van der Waals surface area contributed by atoms with Crippen LogP contribution in [0.4, 0.5) is 0 Å². The molecule has 2 rings (SSSR count). The summed E-state index contributed by atoms with van der Waals surface area (Å²) in [6.07, 6.45) is 1.74. The molecule has 1 saturated heterocycles. The Morgan fingerprint density at radius 2 is 2.44 bits per heavy atom. The van der Waals surface area contributed by atoms with Crippen molar-refractivity contribution in [1.29, 1.82) is 0 Å². The number of H-pyrrole nitrogens is 1. The van der Waals surface area contributed by atoms with E-state index in [1.165, 1.54) is 4.90 Å². The van der Waals surface area contributed by atoms with E-state index in [0.717, 1.165) is 6.33 Å². The molecule has 0 radical (unpaired) electrons. The van der Waals surface area contributed by atoms with Gasteiger partial charge in [-0.05, 0) is 12.0 Å². The lowest BCUT2D eigenvalue weighted by atomic mass is 10.3. The molecule has 94 valence electrons. The van der Waals surface area contributed by atoms with E-state index in [1.807, 2.05) is 0 Å². The van der Waals surface area contributed by atoms with Gasteiger partial charge in [0.05, 0.1) is 12.4 Å². The van der Waals surface area contributed by atoms with Gasteiger partial charge in [-0.2, -0.15) is 0 Å². The molecule has 18 heavy (non-hydrogen) atoms. The molecule has 9 nitrogen and oxygen atoms in total. The summed E-state index contributed by atoms with van der Waals surface area (Å²) >= 11 is 0. The van der Waals surface area contributed by atoms with Crippen LogP contribution >= 0.6 is 0 Å². The van der Waals surface area contributed by atoms with Crippen molar-refractivity contribution in [2.75, 3.05) is 13.1 Å². The second-order valence-corrected chi connectivity index (χ2v) is 3.83. The Labute approximate surface area is 101 Å². The standard InChI is InChI=1S/C9H10N6O3/c10-14-13-5-1-2-15(3-5)8(16)6-7(9(17)18)12-4-11-6/h4-5H,1-3H2,(H,11,12)(H,17,18). The number of aromatic amines is 1. The lowest BCUT2D eigenvalue weighted by Crippen LogP contribution is -2.30. The van der Waals surface area contributed by atoms with E-state index in [0.29, 0.717) is 13.0 Å². The van der Waals surface area contributed by atoms with Crippen molar-refractivity contribution < 1.29 is 14.7 Å². The number of imidazole rings is 1. The minimum Gasteiger partial charge on any atom is -0.477 e. The molecular weight excluding hydrogens is 240 g/mol. The summed E-state index contributed by atoms with van der Waals surface area (Å²) in [5.41, 5.74) is 7.96. The van der Waals surface area contributed by atoms with Crippen molar-refractivity contribution >= 4 is 11.9 Å². The van der Waals surface area contributed by atoms with Gasteiger partial charge in [-0.25, -0.2) is 9.78 Å². The lowest BCUT2D eigenvalue weighted by molar-refractivity contribution is 0.0674. The molecule has 2 N–H and O–H groups in total. The maximum absolute atomic E-state index is 12.0. The minimum absolute atomic E-state index is 0.121. The molecule has 1 unspecified atom stereocenters. The number of hydrogen-bond donors (Lipinski definition) is 2. The predicted octanol–water partition coefficient (Wildman–Crippen LogP) is 0.633. The second-order valence-electron chi connectivity index (χ2n) is 3.83. The fourth-order valence-corrected chi connectivity index (χ4v) is 1.86. The van der Waals surface area contributed by atoms with Crippen LogP contribution in [-0.2, 0) is 0 Å². The number of aromatic nitrogens is 2. The van der Waals surface area contributed by atoms with E-state index in [2.05, 4.69) is 20.0 Å². The van der Waals surface area contributed by atoms with Crippen LogP contribution in [0.3, 0.4) is 0 Å². The third-order valence-corrected chi connectivity index (χ3v) is 2.72. The van der Waals surface area contributed by atoms with Crippen LogP contribution < -0.4 is 0 Å². The molecule has 9 heteroatoms. The Morgan fingerprint density at radius 3 is 3.11 bits per heavy atom. The van der Waals surface area contributed by atoms with Gasteiger partial charge in [-0.15, -0.1) is 0 Å². The Bertz CT molecular complexity index is 532. The van der Waals surface area contributed by atoms with Gasteiger partial charge in [0.15, 0.2) is 11.4 Å². The number of carboxylic acid groups (broad SMARTS) is 1. The molecule has 1 aliphatic rings. The van der Waals surface area contributed by atoms with Crippen LogP contribution in [0.25, 0.3) is 10.4 Å². The van der Waals surface area contributed by atoms with Crippen LogP contribution in [0.15, 0.2) is 11.4 Å². The number of rotatable bonds is 3. The van der Waals surface area contributed by atoms with E-state index in [1.54, 1.807) is 0 Å². The molecule has 0 spiro atoms. The number of aromatic carboxylic acids is 1. The van der Waals surface area contributed by atoms with E-state index >= 15 is 0 Å². The third kappa shape index (κ3) is 2.11. The predicted molar refractivity (Wildman–Crippen MR) is 59.0 cm³/mol. The molecule has 0 aliphatic carbocycles. The third-order valence-electron chi connectivity index (χ3n) is 2.72. The maximum Gasteiger partial charge on any atom is 0.354 e. The van der Waals surface area contributed by atoms with Crippen molar-refractivity contribution in [1.82, 2.24) is 14.9 Å². The summed E-state index contributed by atoms with van der Waals surface area (Å²) in [7, 11) is 0. The van der Waals surface area contributed by atoms with Gasteiger partial charge in [-0.3, -0.25) is 4.79 Å². The molecule has 1 amide bonds. The number of carbonyl (C=O) groups is 2. The van der Waals surface area contributed by atoms with Gasteiger partial charge in [0.1, 0.15) is 0 Å². The number of carboxylic acids is 1. The molecular formula is C9H10N6O3. The average Bonchev–Trinajstić information content (AvgIpc) is 2.96. The second kappa shape index (κ2) is 4.76. The first-order valence-corrected chi connectivity index (χ1v) is 5.23. The Hall–Kier alpha value is -2.54. The Balaban J connectivity index is 2.15. The van der Waals surface area contributed by atoms with Gasteiger partial charge in [-0.1, -0.05) is 5.11 Å². The molecule has 0 aromatic carbocycles. The Morgan fingerprint density at radius 1 is 1.67 bits per heavy atom.